The number of thioether (sulfide) groups is 1. The molecular weight excluding hydrogens is 168 g/mol. The van der Waals surface area contributed by atoms with E-state index in [9.17, 15) is 4.79 Å². The minimum atomic E-state index is -0.0265. The van der Waals surface area contributed by atoms with Gasteiger partial charge in [-0.3, -0.25) is 4.79 Å². The third kappa shape index (κ3) is 0.795. The molecule has 0 saturated heterocycles. The lowest BCUT2D eigenvalue weighted by atomic mass is 9.75. The molecule has 2 fully saturated rings. The first-order valence-corrected chi connectivity index (χ1v) is 5.85. The third-order valence-electron chi connectivity index (χ3n) is 3.88. The van der Waals surface area contributed by atoms with Gasteiger partial charge in [-0.1, -0.05) is 13.8 Å². The molecule has 2 aliphatic carbocycles. The van der Waals surface area contributed by atoms with Gasteiger partial charge in [0.2, 0.25) is 0 Å². The van der Waals surface area contributed by atoms with E-state index in [4.69, 9.17) is 0 Å². The zero-order valence-corrected chi connectivity index (χ0v) is 8.83. The van der Waals surface area contributed by atoms with Gasteiger partial charge < -0.3 is 0 Å². The third-order valence-corrected chi connectivity index (χ3v) is 5.22. The number of carbonyl (C=O) groups excluding carboxylic acids is 1. The van der Waals surface area contributed by atoms with Crippen molar-refractivity contribution in [2.45, 2.75) is 37.9 Å². The second kappa shape index (κ2) is 2.28. The molecule has 0 aromatic heterocycles. The zero-order chi connectivity index (χ0) is 8.98. The summed E-state index contributed by atoms with van der Waals surface area (Å²) in [6.45, 7) is 4.24. The summed E-state index contributed by atoms with van der Waals surface area (Å²) in [5.41, 5.74) is -0.0265. The van der Waals surface area contributed by atoms with Crippen LogP contribution in [0.3, 0.4) is 0 Å². The van der Waals surface area contributed by atoms with Gasteiger partial charge in [0, 0.05) is 5.41 Å². The van der Waals surface area contributed by atoms with Crippen LogP contribution >= 0.6 is 11.8 Å². The summed E-state index contributed by atoms with van der Waals surface area (Å²) in [6.07, 6.45) is 5.61. The maximum atomic E-state index is 12.0. The van der Waals surface area contributed by atoms with Crippen LogP contribution in [0.15, 0.2) is 0 Å². The lowest BCUT2D eigenvalue weighted by molar-refractivity contribution is -0.129. The van der Waals surface area contributed by atoms with Gasteiger partial charge in [-0.25, -0.2) is 0 Å². The molecular formula is C10H16OS. The Hall–Kier alpha value is 0.0200. The summed E-state index contributed by atoms with van der Waals surface area (Å²) in [7, 11) is 0. The summed E-state index contributed by atoms with van der Waals surface area (Å²) in [5, 5.41) is 0. The first-order valence-electron chi connectivity index (χ1n) is 4.63. The van der Waals surface area contributed by atoms with Gasteiger partial charge in [0.25, 0.3) is 0 Å². The van der Waals surface area contributed by atoms with Gasteiger partial charge >= 0.3 is 0 Å². The highest BCUT2D eigenvalue weighted by Gasteiger charge is 2.61. The molecule has 0 spiro atoms. The van der Waals surface area contributed by atoms with Gasteiger partial charge in [-0.05, 0) is 31.4 Å². The Labute approximate surface area is 78.3 Å². The second-order valence-corrected chi connectivity index (χ2v) is 5.88. The first kappa shape index (κ1) is 8.61. The quantitative estimate of drug-likeness (QED) is 0.623. The zero-order valence-electron chi connectivity index (χ0n) is 8.02. The fourth-order valence-electron chi connectivity index (χ4n) is 2.88. The Morgan fingerprint density at radius 2 is 2.17 bits per heavy atom. The highest BCUT2D eigenvalue weighted by molar-refractivity contribution is 8.00. The summed E-state index contributed by atoms with van der Waals surface area (Å²) in [5.74, 6) is 1.18. The van der Waals surface area contributed by atoms with Crippen molar-refractivity contribution in [1.29, 1.82) is 0 Å². The van der Waals surface area contributed by atoms with Crippen LogP contribution in [0, 0.1) is 11.3 Å². The topological polar surface area (TPSA) is 17.1 Å². The molecule has 12 heavy (non-hydrogen) atoms. The van der Waals surface area contributed by atoms with E-state index in [1.54, 1.807) is 11.8 Å². The molecule has 0 radical (unpaired) electrons. The number of rotatable bonds is 1. The summed E-state index contributed by atoms with van der Waals surface area (Å²) in [6, 6.07) is 0. The van der Waals surface area contributed by atoms with E-state index in [1.807, 2.05) is 0 Å². The highest BCUT2D eigenvalue weighted by Crippen LogP contribution is 2.60. The first-order chi connectivity index (χ1) is 5.53. The second-order valence-electron chi connectivity index (χ2n) is 4.69. The number of Topliss-reactive ketones (excluding diaryl/α,β-unsaturated/α-hetero) is 1. The van der Waals surface area contributed by atoms with E-state index < -0.39 is 0 Å². The van der Waals surface area contributed by atoms with E-state index in [0.29, 0.717) is 11.7 Å². The van der Waals surface area contributed by atoms with Crippen molar-refractivity contribution in [2.24, 2.45) is 11.3 Å². The van der Waals surface area contributed by atoms with E-state index in [0.717, 1.165) is 12.8 Å². The number of hydrogen-bond acceptors (Lipinski definition) is 2. The lowest BCUT2D eigenvalue weighted by Gasteiger charge is -2.32. The summed E-state index contributed by atoms with van der Waals surface area (Å²) in [4.78, 5) is 12.0. The molecule has 0 amide bonds. The van der Waals surface area contributed by atoms with Crippen LogP contribution in [0.4, 0.5) is 0 Å². The smallest absolute Gasteiger partial charge is 0.154 e. The van der Waals surface area contributed by atoms with Crippen LogP contribution in [-0.4, -0.2) is 16.8 Å². The van der Waals surface area contributed by atoms with Crippen molar-refractivity contribution in [3.63, 3.8) is 0 Å². The van der Waals surface area contributed by atoms with E-state index in [1.165, 1.54) is 6.42 Å². The Balaban J connectivity index is 2.38. The standard InChI is InChI=1S/C10H16OS/c1-9(2)7-4-5-10(6-7,12-3)8(9)11/h7H,4-6H2,1-3H3. The van der Waals surface area contributed by atoms with Gasteiger partial charge in [-0.15, -0.1) is 0 Å². The van der Waals surface area contributed by atoms with Crippen molar-refractivity contribution < 1.29 is 4.79 Å². The molecule has 2 bridgehead atoms. The normalized spacial score (nSPS) is 43.9. The minimum absolute atomic E-state index is 0.0220. The molecule has 2 unspecified atom stereocenters. The van der Waals surface area contributed by atoms with E-state index >= 15 is 0 Å². The fraction of sp³-hybridized carbons (Fsp3) is 0.900. The molecule has 0 N–H and O–H groups in total. The molecule has 2 saturated carbocycles. The van der Waals surface area contributed by atoms with Crippen LogP contribution in [0.1, 0.15) is 33.1 Å². The Bertz CT molecular complexity index is 234. The van der Waals surface area contributed by atoms with E-state index in [2.05, 4.69) is 20.1 Å². The average Bonchev–Trinajstić information content (AvgIpc) is 2.53. The van der Waals surface area contributed by atoms with E-state index in [-0.39, 0.29) is 10.2 Å². The largest absolute Gasteiger partial charge is 0.298 e. The molecule has 2 rings (SSSR count). The molecule has 0 aromatic carbocycles. The van der Waals surface area contributed by atoms with Crippen LogP contribution < -0.4 is 0 Å². The predicted octanol–water partition coefficient (Wildman–Crippen LogP) is 2.50. The number of hydrogen-bond donors (Lipinski definition) is 0. The molecule has 68 valence electrons. The molecule has 1 nitrogen and oxygen atoms in total. The SMILES string of the molecule is CSC12CCC(C1)C(C)(C)C2=O. The van der Waals surface area contributed by atoms with Crippen molar-refractivity contribution in [3.05, 3.63) is 0 Å². The van der Waals surface area contributed by atoms with Gasteiger partial charge in [-0.2, -0.15) is 11.8 Å². The van der Waals surface area contributed by atoms with Crippen molar-refractivity contribution in [1.82, 2.24) is 0 Å². The molecule has 2 aliphatic rings. The predicted molar refractivity (Wildman–Crippen MR) is 52.4 cm³/mol. The molecule has 2 heteroatoms. The highest BCUT2D eigenvalue weighted by atomic mass is 32.2. The van der Waals surface area contributed by atoms with Gasteiger partial charge in [0.05, 0.1) is 4.75 Å². The molecule has 0 aromatic rings. The Morgan fingerprint density at radius 1 is 1.50 bits per heavy atom. The molecule has 0 aliphatic heterocycles. The number of fused-ring (bicyclic) bond motifs is 2. The summed E-state index contributed by atoms with van der Waals surface area (Å²) < 4.78 is 0.0220. The maximum absolute atomic E-state index is 12.0. The van der Waals surface area contributed by atoms with Crippen molar-refractivity contribution in [3.8, 4) is 0 Å². The number of ketones is 1. The van der Waals surface area contributed by atoms with Crippen LogP contribution in [0.5, 0.6) is 0 Å². The average molecular weight is 184 g/mol. The fourth-order valence-corrected chi connectivity index (χ4v) is 4.02. The number of carbonyl (C=O) groups is 1. The monoisotopic (exact) mass is 184 g/mol. The Kier molecular flexibility index (Phi) is 1.64. The van der Waals surface area contributed by atoms with Crippen LogP contribution in [0.2, 0.25) is 0 Å². The van der Waals surface area contributed by atoms with Crippen LogP contribution in [-0.2, 0) is 4.79 Å². The van der Waals surface area contributed by atoms with Gasteiger partial charge in [0.1, 0.15) is 0 Å². The maximum Gasteiger partial charge on any atom is 0.154 e. The molecule has 0 heterocycles. The van der Waals surface area contributed by atoms with Crippen molar-refractivity contribution >= 4 is 17.5 Å². The summed E-state index contributed by atoms with van der Waals surface area (Å²) >= 11 is 1.78. The van der Waals surface area contributed by atoms with Crippen molar-refractivity contribution in [2.75, 3.05) is 6.26 Å². The van der Waals surface area contributed by atoms with Gasteiger partial charge in [0.15, 0.2) is 5.78 Å². The minimum Gasteiger partial charge on any atom is -0.298 e. The van der Waals surface area contributed by atoms with Crippen LogP contribution in [0.25, 0.3) is 0 Å². The molecule has 2 atom stereocenters. The lowest BCUT2D eigenvalue weighted by Crippen LogP contribution is -2.39. The Morgan fingerprint density at radius 3 is 2.50 bits per heavy atom.